The third kappa shape index (κ3) is 7.62. The van der Waals surface area contributed by atoms with Crippen molar-refractivity contribution >= 4 is 17.9 Å². The molecule has 2 N–H and O–H groups in total. The summed E-state index contributed by atoms with van der Waals surface area (Å²) in [5.41, 5.74) is -0.941. The van der Waals surface area contributed by atoms with Crippen LogP contribution in [0.15, 0.2) is 4.99 Å². The number of rotatable bonds is 5. The van der Waals surface area contributed by atoms with E-state index >= 15 is 0 Å². The van der Waals surface area contributed by atoms with Gasteiger partial charge in [-0.25, -0.2) is 9.79 Å². The van der Waals surface area contributed by atoms with Crippen LogP contribution >= 0.6 is 0 Å². The molecule has 0 fully saturated rings. The van der Waals surface area contributed by atoms with Crippen molar-refractivity contribution in [2.24, 2.45) is 10.9 Å². The van der Waals surface area contributed by atoms with E-state index in [0.29, 0.717) is 11.8 Å². The number of ether oxygens (including phenoxy) is 2. The Morgan fingerprint density at radius 3 is 2.19 bits per heavy atom. The van der Waals surface area contributed by atoms with Crippen molar-refractivity contribution in [3.05, 3.63) is 0 Å². The molecule has 0 spiro atoms. The fourth-order valence-corrected chi connectivity index (χ4v) is 2.56. The normalized spacial score (nSPS) is 21.7. The zero-order valence-corrected chi connectivity index (χ0v) is 17.6. The van der Waals surface area contributed by atoms with Gasteiger partial charge in [-0.2, -0.15) is 0 Å². The Morgan fingerprint density at radius 1 is 1.15 bits per heavy atom. The minimum absolute atomic E-state index is 0.189. The molecular weight excluding hydrogens is 334 g/mol. The van der Waals surface area contributed by atoms with Crippen LogP contribution in [-0.4, -0.2) is 47.2 Å². The van der Waals surface area contributed by atoms with E-state index in [1.165, 1.54) is 0 Å². The zero-order valence-electron chi connectivity index (χ0n) is 17.6. The number of carbonyl (C=O) groups is 2. The van der Waals surface area contributed by atoms with Gasteiger partial charge >= 0.3 is 6.09 Å². The maximum absolute atomic E-state index is 12.6. The van der Waals surface area contributed by atoms with E-state index in [1.54, 1.807) is 27.7 Å². The lowest BCUT2D eigenvalue weighted by atomic mass is 9.98. The van der Waals surface area contributed by atoms with E-state index in [2.05, 4.69) is 29.5 Å². The second kappa shape index (κ2) is 8.27. The number of aliphatic imine (C=N–C) groups is 1. The van der Waals surface area contributed by atoms with Gasteiger partial charge in [-0.1, -0.05) is 13.8 Å². The lowest BCUT2D eigenvalue weighted by molar-refractivity contribution is -0.130. The Balaban J connectivity index is 2.82. The molecule has 1 rings (SSSR count). The number of hydrogen-bond acceptors (Lipinski definition) is 5. The molecule has 1 aliphatic rings. The molecule has 0 bridgehead atoms. The van der Waals surface area contributed by atoms with Crippen molar-refractivity contribution in [1.82, 2.24) is 10.6 Å². The van der Waals surface area contributed by atoms with Crippen LogP contribution in [0, 0.1) is 5.92 Å². The summed E-state index contributed by atoms with van der Waals surface area (Å²) in [6.45, 7) is 17.1. The molecule has 0 aromatic carbocycles. The molecule has 0 aliphatic carbocycles. The second-order valence-electron chi connectivity index (χ2n) is 9.31. The summed E-state index contributed by atoms with van der Waals surface area (Å²) in [7, 11) is 0. The molecule has 150 valence electrons. The molecule has 0 saturated carbocycles. The number of hydrogen-bond donors (Lipinski definition) is 2. The van der Waals surface area contributed by atoms with E-state index in [4.69, 9.17) is 9.47 Å². The Hall–Kier alpha value is -1.79. The topological polar surface area (TPSA) is 89.0 Å². The first-order chi connectivity index (χ1) is 11.7. The maximum atomic E-state index is 12.6. The Bertz CT molecular complexity index is 544. The van der Waals surface area contributed by atoms with Gasteiger partial charge in [0.2, 0.25) is 12.0 Å². The molecule has 2 amide bonds. The molecule has 2 unspecified atom stereocenters. The summed E-state index contributed by atoms with van der Waals surface area (Å²) < 4.78 is 11.1. The van der Waals surface area contributed by atoms with Crippen LogP contribution in [0.2, 0.25) is 0 Å². The molecule has 0 saturated heterocycles. The fourth-order valence-electron chi connectivity index (χ4n) is 2.56. The highest BCUT2D eigenvalue weighted by Crippen LogP contribution is 2.23. The smallest absolute Gasteiger partial charge is 0.408 e. The monoisotopic (exact) mass is 369 g/mol. The first-order valence-corrected chi connectivity index (χ1v) is 9.24. The molecule has 7 nitrogen and oxygen atoms in total. The van der Waals surface area contributed by atoms with Gasteiger partial charge in [0.05, 0.1) is 6.04 Å². The van der Waals surface area contributed by atoms with Crippen molar-refractivity contribution in [2.75, 3.05) is 0 Å². The van der Waals surface area contributed by atoms with Crippen molar-refractivity contribution in [1.29, 1.82) is 0 Å². The van der Waals surface area contributed by atoms with Crippen molar-refractivity contribution in [3.63, 3.8) is 0 Å². The fraction of sp³-hybridized carbons (Fsp3) is 0.842. The molecule has 26 heavy (non-hydrogen) atoms. The third-order valence-electron chi connectivity index (χ3n) is 3.46. The largest absolute Gasteiger partial charge is 0.464 e. The van der Waals surface area contributed by atoms with Crippen molar-refractivity contribution in [3.8, 4) is 0 Å². The Morgan fingerprint density at radius 2 is 1.73 bits per heavy atom. The van der Waals surface area contributed by atoms with Crippen LogP contribution in [-0.2, 0) is 14.3 Å². The summed E-state index contributed by atoms with van der Waals surface area (Å²) in [6.07, 6.45) is -0.501. The minimum Gasteiger partial charge on any atom is -0.464 e. The van der Waals surface area contributed by atoms with E-state index < -0.39 is 23.8 Å². The van der Waals surface area contributed by atoms with Crippen LogP contribution in [0.5, 0.6) is 0 Å². The van der Waals surface area contributed by atoms with Crippen LogP contribution in [0.1, 0.15) is 68.7 Å². The Labute approximate surface area is 157 Å². The molecule has 3 atom stereocenters. The highest BCUT2D eigenvalue weighted by Gasteiger charge is 2.40. The molecule has 7 heteroatoms. The summed E-state index contributed by atoms with van der Waals surface area (Å²) in [5, 5.41) is 5.66. The highest BCUT2D eigenvalue weighted by molar-refractivity contribution is 5.92. The van der Waals surface area contributed by atoms with Crippen molar-refractivity contribution < 1.29 is 19.1 Å². The molecule has 0 aromatic rings. The predicted molar refractivity (Wildman–Crippen MR) is 102 cm³/mol. The summed E-state index contributed by atoms with van der Waals surface area (Å²) >= 11 is 0. The zero-order chi connectivity index (χ0) is 20.3. The number of nitrogens with zero attached hydrogens (tertiary/aromatic N) is 1. The van der Waals surface area contributed by atoms with Gasteiger partial charge in [0, 0.05) is 5.54 Å². The van der Waals surface area contributed by atoms with E-state index in [9.17, 15) is 9.59 Å². The molecule has 0 aromatic heterocycles. The lowest BCUT2D eigenvalue weighted by Gasteiger charge is -2.25. The summed E-state index contributed by atoms with van der Waals surface area (Å²) in [4.78, 5) is 29.1. The van der Waals surface area contributed by atoms with Crippen LogP contribution in [0.25, 0.3) is 0 Å². The van der Waals surface area contributed by atoms with E-state index in [-0.39, 0.29) is 17.5 Å². The number of carbonyl (C=O) groups excluding carboxylic acids is 2. The average molecular weight is 370 g/mol. The van der Waals surface area contributed by atoms with Crippen LogP contribution < -0.4 is 10.6 Å². The number of nitrogens with one attached hydrogen (secondary N) is 2. The lowest BCUT2D eigenvalue weighted by Crippen LogP contribution is -2.49. The SMILES string of the molecule is CC(C)CC1N=C([C@H](C)NC(=O)OC(C)(C)C)OC1C(=O)NC(C)(C)C. The van der Waals surface area contributed by atoms with Gasteiger partial charge in [0.15, 0.2) is 0 Å². The maximum Gasteiger partial charge on any atom is 0.408 e. The highest BCUT2D eigenvalue weighted by atomic mass is 16.6. The molecular formula is C19H35N3O4. The average Bonchev–Trinajstić information content (AvgIpc) is 2.77. The van der Waals surface area contributed by atoms with Gasteiger partial charge in [-0.3, -0.25) is 4.79 Å². The van der Waals surface area contributed by atoms with Crippen molar-refractivity contribution in [2.45, 2.75) is 98.1 Å². The summed E-state index contributed by atoms with van der Waals surface area (Å²) in [6, 6.07) is -0.748. The van der Waals surface area contributed by atoms with Crippen LogP contribution in [0.3, 0.4) is 0 Å². The second-order valence-corrected chi connectivity index (χ2v) is 9.31. The van der Waals surface area contributed by atoms with Crippen LogP contribution in [0.4, 0.5) is 4.79 Å². The van der Waals surface area contributed by atoms with Gasteiger partial charge in [0.1, 0.15) is 11.6 Å². The minimum atomic E-state index is -0.686. The first kappa shape index (κ1) is 22.3. The summed E-state index contributed by atoms with van der Waals surface area (Å²) in [5.74, 6) is 0.535. The molecule has 1 aliphatic heterocycles. The predicted octanol–water partition coefficient (Wildman–Crippen LogP) is 3.03. The first-order valence-electron chi connectivity index (χ1n) is 9.24. The molecule has 1 heterocycles. The molecule has 0 radical (unpaired) electrons. The standard InChI is InChI=1S/C19H35N3O4/c1-11(2)10-13-14(15(23)22-18(4,5)6)25-16(21-13)12(3)20-17(24)26-19(7,8)9/h11-14H,10H2,1-9H3,(H,20,24)(H,22,23)/t12-,13?,14?/m0/s1. The van der Waals surface area contributed by atoms with Gasteiger partial charge in [-0.05, 0) is 60.8 Å². The Kier molecular flexibility index (Phi) is 7.08. The quantitative estimate of drug-likeness (QED) is 0.779. The number of alkyl carbamates (subject to hydrolysis) is 1. The van der Waals surface area contributed by atoms with Gasteiger partial charge in [-0.15, -0.1) is 0 Å². The van der Waals surface area contributed by atoms with Gasteiger partial charge < -0.3 is 20.1 Å². The van der Waals surface area contributed by atoms with Gasteiger partial charge in [0.25, 0.3) is 5.91 Å². The van der Waals surface area contributed by atoms with E-state index in [0.717, 1.165) is 6.42 Å². The number of amides is 2. The van der Waals surface area contributed by atoms with E-state index in [1.807, 2.05) is 20.8 Å². The third-order valence-corrected chi connectivity index (χ3v) is 3.46.